The zero-order valence-electron chi connectivity index (χ0n) is 14.4. The summed E-state index contributed by atoms with van der Waals surface area (Å²) < 4.78 is 5.26. The van der Waals surface area contributed by atoms with E-state index in [1.165, 1.54) is 7.11 Å². The Kier molecular flexibility index (Phi) is 5.34. The monoisotopic (exact) mass is 349 g/mol. The molecule has 0 atom stereocenters. The van der Waals surface area contributed by atoms with Gasteiger partial charge in [0, 0.05) is 24.0 Å². The number of hydrogen-bond donors (Lipinski definition) is 3. The summed E-state index contributed by atoms with van der Waals surface area (Å²) in [6, 6.07) is 13.0. The number of nitrogens with one attached hydrogen (secondary N) is 3. The van der Waals surface area contributed by atoms with Gasteiger partial charge >= 0.3 is 6.03 Å². The van der Waals surface area contributed by atoms with Crippen LogP contribution in [0.5, 0.6) is 5.75 Å². The lowest BCUT2D eigenvalue weighted by atomic mass is 10.1. The normalized spacial score (nSPS) is 10.3. The number of urea groups is 1. The van der Waals surface area contributed by atoms with Crippen molar-refractivity contribution in [1.82, 2.24) is 20.8 Å². The number of hydrogen-bond acceptors (Lipinski definition) is 4. The van der Waals surface area contributed by atoms with Gasteiger partial charge in [0.1, 0.15) is 5.75 Å². The number of methoxy groups -OCH3 is 1. The number of fused-ring (bicyclic) bond motifs is 1. The van der Waals surface area contributed by atoms with Crippen LogP contribution in [0.1, 0.15) is 16.7 Å². The maximum Gasteiger partial charge on any atom is 0.315 e. The molecule has 7 heteroatoms. The van der Waals surface area contributed by atoms with Crippen LogP contribution in [0.25, 0.3) is 10.9 Å². The van der Waals surface area contributed by atoms with E-state index in [2.05, 4.69) is 26.9 Å². The lowest BCUT2D eigenvalue weighted by molar-refractivity contribution is 0.240. The van der Waals surface area contributed by atoms with Crippen LogP contribution in [0, 0.1) is 11.3 Å². The largest absolute Gasteiger partial charge is 0.496 e. The number of carbonyl (C=O) groups excluding carboxylic acids is 1. The minimum Gasteiger partial charge on any atom is -0.496 e. The fourth-order valence-electron chi connectivity index (χ4n) is 2.66. The highest BCUT2D eigenvalue weighted by Crippen LogP contribution is 2.19. The van der Waals surface area contributed by atoms with Crippen molar-refractivity contribution in [3.05, 3.63) is 59.3 Å². The molecule has 1 aromatic heterocycles. The van der Waals surface area contributed by atoms with Crippen molar-refractivity contribution < 1.29 is 9.53 Å². The van der Waals surface area contributed by atoms with Gasteiger partial charge in [0.15, 0.2) is 0 Å². The van der Waals surface area contributed by atoms with Crippen molar-refractivity contribution >= 4 is 16.9 Å². The molecule has 7 nitrogen and oxygen atoms in total. The molecule has 26 heavy (non-hydrogen) atoms. The molecular weight excluding hydrogens is 330 g/mol. The average Bonchev–Trinajstić information content (AvgIpc) is 3.14. The summed E-state index contributed by atoms with van der Waals surface area (Å²) in [6.45, 7) is 0.844. The Morgan fingerprint density at radius 1 is 1.27 bits per heavy atom. The summed E-state index contributed by atoms with van der Waals surface area (Å²) in [7, 11) is 1.54. The van der Waals surface area contributed by atoms with Gasteiger partial charge in [0.05, 0.1) is 30.5 Å². The van der Waals surface area contributed by atoms with Gasteiger partial charge in [-0.25, -0.2) is 4.79 Å². The van der Waals surface area contributed by atoms with E-state index < -0.39 is 0 Å². The Morgan fingerprint density at radius 3 is 2.96 bits per heavy atom. The van der Waals surface area contributed by atoms with E-state index in [9.17, 15) is 4.79 Å². The summed E-state index contributed by atoms with van der Waals surface area (Å²) in [5.74, 6) is 0.581. The van der Waals surface area contributed by atoms with Crippen molar-refractivity contribution in [2.75, 3.05) is 13.7 Å². The van der Waals surface area contributed by atoms with Crippen LogP contribution in [0.3, 0.4) is 0 Å². The van der Waals surface area contributed by atoms with Crippen LogP contribution in [0.4, 0.5) is 4.79 Å². The molecule has 0 radical (unpaired) electrons. The van der Waals surface area contributed by atoms with Gasteiger partial charge in [-0.15, -0.1) is 0 Å². The molecule has 132 valence electrons. The van der Waals surface area contributed by atoms with Crippen molar-refractivity contribution in [3.63, 3.8) is 0 Å². The molecule has 0 bridgehead atoms. The molecule has 3 N–H and O–H groups in total. The molecule has 3 rings (SSSR count). The molecule has 2 amide bonds. The Hall–Kier alpha value is -3.53. The lowest BCUT2D eigenvalue weighted by Crippen LogP contribution is -2.36. The molecule has 3 aromatic rings. The molecule has 0 saturated carbocycles. The predicted octanol–water partition coefficient (Wildman–Crippen LogP) is 2.49. The van der Waals surface area contributed by atoms with Gasteiger partial charge in [0.25, 0.3) is 0 Å². The molecule has 0 spiro atoms. The van der Waals surface area contributed by atoms with Crippen LogP contribution in [0.2, 0.25) is 0 Å². The fourth-order valence-corrected chi connectivity index (χ4v) is 2.66. The van der Waals surface area contributed by atoms with Crippen LogP contribution in [0.15, 0.2) is 42.6 Å². The van der Waals surface area contributed by atoms with Gasteiger partial charge in [0.2, 0.25) is 0 Å². The molecule has 0 fully saturated rings. The van der Waals surface area contributed by atoms with Crippen molar-refractivity contribution in [1.29, 1.82) is 5.26 Å². The summed E-state index contributed by atoms with van der Waals surface area (Å²) >= 11 is 0. The topological polar surface area (TPSA) is 103 Å². The first-order valence-electron chi connectivity index (χ1n) is 8.20. The first-order valence-corrected chi connectivity index (χ1v) is 8.20. The van der Waals surface area contributed by atoms with Crippen molar-refractivity contribution in [2.45, 2.75) is 13.0 Å². The minimum atomic E-state index is -0.251. The molecule has 0 aliphatic carbocycles. The minimum absolute atomic E-state index is 0.251. The van der Waals surface area contributed by atoms with E-state index in [4.69, 9.17) is 10.00 Å². The second-order valence-electron chi connectivity index (χ2n) is 5.79. The number of amides is 2. The van der Waals surface area contributed by atoms with E-state index in [1.54, 1.807) is 24.4 Å². The Balaban J connectivity index is 1.48. The van der Waals surface area contributed by atoms with Crippen LogP contribution >= 0.6 is 0 Å². The average molecular weight is 349 g/mol. The molecule has 0 unspecified atom stereocenters. The Bertz CT molecular complexity index is 958. The second kappa shape index (κ2) is 8.03. The molecule has 0 aliphatic rings. The quantitative estimate of drug-likeness (QED) is 0.636. The van der Waals surface area contributed by atoms with Crippen molar-refractivity contribution in [3.8, 4) is 11.8 Å². The van der Waals surface area contributed by atoms with E-state index in [0.29, 0.717) is 24.4 Å². The van der Waals surface area contributed by atoms with Crippen LogP contribution in [-0.4, -0.2) is 29.9 Å². The third-order valence-corrected chi connectivity index (χ3v) is 4.06. The maximum absolute atomic E-state index is 12.0. The number of ether oxygens (including phenoxy) is 1. The predicted molar refractivity (Wildman–Crippen MR) is 97.7 cm³/mol. The highest BCUT2D eigenvalue weighted by atomic mass is 16.5. The number of aromatic nitrogens is 2. The third kappa shape index (κ3) is 4.11. The number of aromatic amines is 1. The molecule has 0 aliphatic heterocycles. The number of rotatable bonds is 6. The summed E-state index contributed by atoms with van der Waals surface area (Å²) in [5.41, 5.74) is 3.44. The standard InChI is InChI=1S/C19H19N5O2/c1-26-18-9-14(10-20)3-5-16(18)11-22-19(25)21-7-6-13-2-4-15-12-23-24-17(15)8-13/h2-5,8-9,12H,6-7,11H2,1H3,(H,23,24)(H2,21,22,25). The Labute approximate surface area is 151 Å². The van der Waals surface area contributed by atoms with E-state index >= 15 is 0 Å². The van der Waals surface area contributed by atoms with E-state index in [-0.39, 0.29) is 6.03 Å². The first kappa shape index (κ1) is 17.3. The lowest BCUT2D eigenvalue weighted by Gasteiger charge is -2.11. The fraction of sp³-hybridized carbons (Fsp3) is 0.211. The number of H-pyrrole nitrogens is 1. The van der Waals surface area contributed by atoms with Gasteiger partial charge in [-0.1, -0.05) is 18.2 Å². The van der Waals surface area contributed by atoms with Gasteiger partial charge < -0.3 is 15.4 Å². The first-order chi connectivity index (χ1) is 12.7. The highest BCUT2D eigenvalue weighted by Gasteiger charge is 2.07. The zero-order chi connectivity index (χ0) is 18.4. The zero-order valence-corrected chi connectivity index (χ0v) is 14.4. The van der Waals surface area contributed by atoms with E-state index in [0.717, 1.165) is 28.5 Å². The van der Waals surface area contributed by atoms with Gasteiger partial charge in [-0.3, -0.25) is 5.10 Å². The molecule has 2 aromatic carbocycles. The molecular formula is C19H19N5O2. The summed E-state index contributed by atoms with van der Waals surface area (Å²) in [4.78, 5) is 12.0. The number of nitrogens with zero attached hydrogens (tertiary/aromatic N) is 2. The summed E-state index contributed by atoms with van der Waals surface area (Å²) in [6.07, 6.45) is 2.50. The van der Waals surface area contributed by atoms with Crippen LogP contribution in [-0.2, 0) is 13.0 Å². The summed E-state index contributed by atoms with van der Waals surface area (Å²) in [5, 5.41) is 22.5. The van der Waals surface area contributed by atoms with Crippen molar-refractivity contribution in [2.24, 2.45) is 0 Å². The number of carbonyl (C=O) groups is 1. The van der Waals surface area contributed by atoms with Gasteiger partial charge in [-0.05, 0) is 30.2 Å². The number of benzene rings is 2. The SMILES string of the molecule is COc1cc(C#N)ccc1CNC(=O)NCCc1ccc2cn[nH]c2c1. The smallest absolute Gasteiger partial charge is 0.315 e. The van der Waals surface area contributed by atoms with Crippen LogP contribution < -0.4 is 15.4 Å². The second-order valence-corrected chi connectivity index (χ2v) is 5.79. The van der Waals surface area contributed by atoms with E-state index in [1.807, 2.05) is 18.2 Å². The molecule has 1 heterocycles. The highest BCUT2D eigenvalue weighted by molar-refractivity contribution is 5.78. The molecule has 0 saturated heterocycles. The maximum atomic E-state index is 12.0. The third-order valence-electron chi connectivity index (χ3n) is 4.06. The number of nitriles is 1. The Morgan fingerprint density at radius 2 is 2.15 bits per heavy atom. The van der Waals surface area contributed by atoms with Gasteiger partial charge in [-0.2, -0.15) is 10.4 Å².